The highest BCUT2D eigenvalue weighted by Crippen LogP contribution is 2.23. The summed E-state index contributed by atoms with van der Waals surface area (Å²) in [5, 5.41) is 4.47. The highest BCUT2D eigenvalue weighted by Gasteiger charge is 2.09. The molecule has 3 N–H and O–H groups in total. The predicted molar refractivity (Wildman–Crippen MR) is 120 cm³/mol. The summed E-state index contributed by atoms with van der Waals surface area (Å²) < 4.78 is 6.38. The maximum absolute atomic E-state index is 12.5. The number of rotatable bonds is 8. The van der Waals surface area contributed by atoms with Crippen molar-refractivity contribution in [2.75, 3.05) is 13.7 Å². The first-order valence-electron chi connectivity index (χ1n) is 10.2. The molecule has 0 saturated heterocycles. The molecule has 2 aromatic carbocycles. The van der Waals surface area contributed by atoms with Crippen molar-refractivity contribution in [1.29, 1.82) is 0 Å². The van der Waals surface area contributed by atoms with Crippen LogP contribution in [0.2, 0.25) is 0 Å². The Kier molecular flexibility index (Phi) is 5.88. The summed E-state index contributed by atoms with van der Waals surface area (Å²) in [6, 6.07) is 12.7. The number of nitrogens with one attached hydrogen (secondary N) is 3. The molecular formula is C23H24N4O4. The molecule has 1 amide bonds. The SMILES string of the molecule is COc1ccc2c(CCNC(=O)CCCn3c(=O)[nH]c4ccccc4c3=O)c[nH]c2c1. The molecule has 0 aliphatic carbocycles. The number of carbonyl (C=O) groups excluding carboxylic acids is 1. The molecule has 0 unspecified atom stereocenters. The molecule has 0 radical (unpaired) electrons. The Hall–Kier alpha value is -3.81. The molecule has 0 saturated carbocycles. The number of aromatic amines is 2. The molecule has 0 spiro atoms. The average molecular weight is 420 g/mol. The predicted octanol–water partition coefficient (Wildman–Crippen LogP) is 2.32. The third-order valence-electron chi connectivity index (χ3n) is 5.37. The van der Waals surface area contributed by atoms with Crippen molar-refractivity contribution >= 4 is 27.7 Å². The number of methoxy groups -OCH3 is 1. The number of aromatic nitrogens is 3. The number of H-pyrrole nitrogens is 2. The summed E-state index contributed by atoms with van der Waals surface area (Å²) in [6.45, 7) is 0.699. The minimum absolute atomic E-state index is 0.105. The van der Waals surface area contributed by atoms with Gasteiger partial charge in [0, 0.05) is 42.7 Å². The number of fused-ring (bicyclic) bond motifs is 2. The molecule has 160 valence electrons. The van der Waals surface area contributed by atoms with E-state index in [1.165, 1.54) is 0 Å². The highest BCUT2D eigenvalue weighted by atomic mass is 16.5. The number of amides is 1. The Labute approximate surface area is 177 Å². The fourth-order valence-electron chi connectivity index (χ4n) is 3.72. The number of benzene rings is 2. The number of ether oxygens (including phenoxy) is 1. The van der Waals surface area contributed by atoms with E-state index < -0.39 is 5.69 Å². The van der Waals surface area contributed by atoms with Crippen molar-refractivity contribution in [3.63, 3.8) is 0 Å². The van der Waals surface area contributed by atoms with E-state index in [-0.39, 0.29) is 24.4 Å². The second kappa shape index (κ2) is 8.91. The van der Waals surface area contributed by atoms with Crippen LogP contribution in [0.4, 0.5) is 0 Å². The lowest BCUT2D eigenvalue weighted by molar-refractivity contribution is -0.121. The third-order valence-corrected chi connectivity index (χ3v) is 5.37. The quantitative estimate of drug-likeness (QED) is 0.406. The van der Waals surface area contributed by atoms with Gasteiger partial charge >= 0.3 is 5.69 Å². The van der Waals surface area contributed by atoms with E-state index in [2.05, 4.69) is 15.3 Å². The second-order valence-electron chi connectivity index (χ2n) is 7.36. The van der Waals surface area contributed by atoms with Crippen LogP contribution < -0.4 is 21.3 Å². The van der Waals surface area contributed by atoms with Crippen LogP contribution in [0.3, 0.4) is 0 Å². The standard InChI is InChI=1S/C23H24N4O4/c1-31-16-8-9-17-15(14-25-20(17)13-16)10-11-24-21(28)7-4-12-27-22(29)18-5-2-3-6-19(18)26-23(27)30/h2-3,5-6,8-9,13-14,25H,4,7,10-12H2,1H3,(H,24,28)(H,26,30). The first-order valence-corrected chi connectivity index (χ1v) is 10.2. The molecule has 0 fully saturated rings. The monoisotopic (exact) mass is 420 g/mol. The van der Waals surface area contributed by atoms with Crippen LogP contribution in [-0.4, -0.2) is 34.1 Å². The fraction of sp³-hybridized carbons (Fsp3) is 0.261. The zero-order valence-electron chi connectivity index (χ0n) is 17.2. The van der Waals surface area contributed by atoms with E-state index in [4.69, 9.17) is 4.74 Å². The van der Waals surface area contributed by atoms with Gasteiger partial charge in [-0.15, -0.1) is 0 Å². The van der Waals surface area contributed by atoms with E-state index in [1.54, 1.807) is 31.4 Å². The molecule has 0 aliphatic heterocycles. The van der Waals surface area contributed by atoms with Gasteiger partial charge in [0.2, 0.25) is 5.91 Å². The Balaban J connectivity index is 1.29. The summed E-state index contributed by atoms with van der Waals surface area (Å²) in [5.74, 6) is 0.685. The summed E-state index contributed by atoms with van der Waals surface area (Å²) in [5.41, 5.74) is 1.83. The van der Waals surface area contributed by atoms with Crippen molar-refractivity contribution in [3.8, 4) is 5.75 Å². The van der Waals surface area contributed by atoms with Gasteiger partial charge in [-0.1, -0.05) is 12.1 Å². The van der Waals surface area contributed by atoms with E-state index in [0.717, 1.165) is 26.8 Å². The molecule has 2 aromatic heterocycles. The van der Waals surface area contributed by atoms with Crippen LogP contribution in [0, 0.1) is 0 Å². The van der Waals surface area contributed by atoms with Crippen LogP contribution in [0.15, 0.2) is 58.3 Å². The minimum atomic E-state index is -0.458. The van der Waals surface area contributed by atoms with Gasteiger partial charge in [0.05, 0.1) is 18.0 Å². The largest absolute Gasteiger partial charge is 0.497 e. The molecule has 0 aliphatic rings. The molecule has 2 heterocycles. The van der Waals surface area contributed by atoms with Gasteiger partial charge in [-0.05, 0) is 42.7 Å². The van der Waals surface area contributed by atoms with Crippen molar-refractivity contribution < 1.29 is 9.53 Å². The van der Waals surface area contributed by atoms with Crippen LogP contribution in [0.25, 0.3) is 21.8 Å². The van der Waals surface area contributed by atoms with Gasteiger partial charge in [0.25, 0.3) is 5.56 Å². The number of carbonyl (C=O) groups is 1. The number of para-hydroxylation sites is 1. The van der Waals surface area contributed by atoms with Gasteiger partial charge in [-0.25, -0.2) is 4.79 Å². The number of hydrogen-bond acceptors (Lipinski definition) is 4. The zero-order valence-corrected chi connectivity index (χ0v) is 17.2. The second-order valence-corrected chi connectivity index (χ2v) is 7.36. The summed E-state index contributed by atoms with van der Waals surface area (Å²) in [6.07, 6.45) is 3.28. The molecule has 0 atom stereocenters. The molecule has 8 heteroatoms. The van der Waals surface area contributed by atoms with Crippen molar-refractivity contribution in [2.24, 2.45) is 0 Å². The molecule has 8 nitrogen and oxygen atoms in total. The van der Waals surface area contributed by atoms with Crippen molar-refractivity contribution in [3.05, 3.63) is 75.1 Å². The smallest absolute Gasteiger partial charge is 0.328 e. The molecular weight excluding hydrogens is 396 g/mol. The van der Waals surface area contributed by atoms with Gasteiger partial charge in [0.15, 0.2) is 0 Å². The topological polar surface area (TPSA) is 109 Å². The molecule has 4 aromatic rings. The Morgan fingerprint density at radius 1 is 1.10 bits per heavy atom. The minimum Gasteiger partial charge on any atom is -0.497 e. The summed E-state index contributed by atoms with van der Waals surface area (Å²) in [4.78, 5) is 42.8. The van der Waals surface area contributed by atoms with Gasteiger partial charge in [-0.3, -0.25) is 14.2 Å². The molecule has 0 bridgehead atoms. The normalized spacial score (nSPS) is 11.1. The zero-order chi connectivity index (χ0) is 21.8. The Morgan fingerprint density at radius 3 is 2.77 bits per heavy atom. The molecule has 4 rings (SSSR count). The third kappa shape index (κ3) is 4.37. The number of hydrogen-bond donors (Lipinski definition) is 3. The van der Waals surface area contributed by atoms with E-state index in [0.29, 0.717) is 30.3 Å². The van der Waals surface area contributed by atoms with E-state index in [1.807, 2.05) is 24.4 Å². The molecule has 31 heavy (non-hydrogen) atoms. The maximum Gasteiger partial charge on any atom is 0.328 e. The Morgan fingerprint density at radius 2 is 1.94 bits per heavy atom. The lowest BCUT2D eigenvalue weighted by Gasteiger charge is -2.07. The lowest BCUT2D eigenvalue weighted by atomic mass is 10.1. The van der Waals surface area contributed by atoms with Crippen LogP contribution in [-0.2, 0) is 17.8 Å². The Bertz CT molecular complexity index is 1350. The van der Waals surface area contributed by atoms with Gasteiger partial charge in [0.1, 0.15) is 5.75 Å². The van der Waals surface area contributed by atoms with Crippen LogP contribution >= 0.6 is 0 Å². The fourth-order valence-corrected chi connectivity index (χ4v) is 3.72. The van der Waals surface area contributed by atoms with E-state index in [9.17, 15) is 14.4 Å². The summed E-state index contributed by atoms with van der Waals surface area (Å²) in [7, 11) is 1.63. The first kappa shape index (κ1) is 20.5. The van der Waals surface area contributed by atoms with Crippen LogP contribution in [0.1, 0.15) is 18.4 Å². The lowest BCUT2D eigenvalue weighted by Crippen LogP contribution is -2.35. The van der Waals surface area contributed by atoms with Gasteiger partial charge < -0.3 is 20.0 Å². The average Bonchev–Trinajstić information content (AvgIpc) is 3.18. The summed E-state index contributed by atoms with van der Waals surface area (Å²) >= 11 is 0. The maximum atomic E-state index is 12.5. The first-order chi connectivity index (χ1) is 15.1. The number of nitrogens with zero attached hydrogens (tertiary/aromatic N) is 1. The highest BCUT2D eigenvalue weighted by molar-refractivity contribution is 5.84. The van der Waals surface area contributed by atoms with Crippen molar-refractivity contribution in [1.82, 2.24) is 19.9 Å². The van der Waals surface area contributed by atoms with E-state index >= 15 is 0 Å². The van der Waals surface area contributed by atoms with Crippen LogP contribution in [0.5, 0.6) is 5.75 Å². The van der Waals surface area contributed by atoms with Crippen molar-refractivity contribution in [2.45, 2.75) is 25.8 Å². The van der Waals surface area contributed by atoms with Gasteiger partial charge in [-0.2, -0.15) is 0 Å².